The molecule has 0 aromatic heterocycles. The number of halogens is 1. The summed E-state index contributed by atoms with van der Waals surface area (Å²) < 4.78 is 0. The molecule has 5 rings (SSSR count). The standard InChI is InChI=1S/C17H26BrNO/c1-10-9-19(3-2-15(10)18)17(20)16-13-5-11-4-12(7-13)8-14(16)6-11/h10-16H,2-9H2,1H3. The van der Waals surface area contributed by atoms with Crippen LogP contribution in [-0.4, -0.2) is 28.7 Å². The van der Waals surface area contributed by atoms with E-state index in [1.54, 1.807) is 0 Å². The molecule has 1 heterocycles. The fraction of sp³-hybridized carbons (Fsp3) is 0.941. The van der Waals surface area contributed by atoms with E-state index in [-0.39, 0.29) is 0 Å². The van der Waals surface area contributed by atoms with Crippen LogP contribution in [0.2, 0.25) is 0 Å². The molecule has 4 saturated carbocycles. The van der Waals surface area contributed by atoms with E-state index in [1.807, 2.05) is 0 Å². The van der Waals surface area contributed by atoms with Gasteiger partial charge in [-0.05, 0) is 68.1 Å². The minimum absolute atomic E-state index is 0.391. The summed E-state index contributed by atoms with van der Waals surface area (Å²) in [6.07, 6.45) is 8.02. The maximum absolute atomic E-state index is 13.1. The lowest BCUT2D eigenvalue weighted by molar-refractivity contribution is -0.150. The van der Waals surface area contributed by atoms with Crippen LogP contribution in [0.3, 0.4) is 0 Å². The number of hydrogen-bond acceptors (Lipinski definition) is 1. The van der Waals surface area contributed by atoms with Crippen LogP contribution in [0.1, 0.15) is 45.4 Å². The van der Waals surface area contributed by atoms with Crippen LogP contribution in [0.15, 0.2) is 0 Å². The molecule has 0 spiro atoms. The number of alkyl halides is 1. The number of amides is 1. The van der Waals surface area contributed by atoms with Crippen molar-refractivity contribution in [1.29, 1.82) is 0 Å². The Bertz CT molecular complexity index is 382. The molecule has 5 aliphatic rings. The second-order valence-corrected chi connectivity index (χ2v) is 9.20. The van der Waals surface area contributed by atoms with Gasteiger partial charge in [-0.1, -0.05) is 22.9 Å². The molecule has 2 nitrogen and oxygen atoms in total. The van der Waals surface area contributed by atoms with E-state index in [0.717, 1.165) is 43.2 Å². The highest BCUT2D eigenvalue weighted by Gasteiger charge is 2.51. The van der Waals surface area contributed by atoms with E-state index in [2.05, 4.69) is 27.8 Å². The predicted octanol–water partition coefficient (Wildman–Crippen LogP) is 3.69. The minimum atomic E-state index is 0.391. The number of likely N-dealkylation sites (tertiary alicyclic amines) is 1. The molecule has 1 saturated heterocycles. The highest BCUT2D eigenvalue weighted by Crippen LogP contribution is 2.57. The third-order valence-electron chi connectivity index (χ3n) is 6.62. The van der Waals surface area contributed by atoms with Gasteiger partial charge in [0.15, 0.2) is 0 Å². The van der Waals surface area contributed by atoms with Crippen molar-refractivity contribution in [2.75, 3.05) is 13.1 Å². The van der Waals surface area contributed by atoms with Crippen molar-refractivity contribution < 1.29 is 4.79 Å². The van der Waals surface area contributed by atoms with Gasteiger partial charge in [-0.25, -0.2) is 0 Å². The predicted molar refractivity (Wildman–Crippen MR) is 83.6 cm³/mol. The van der Waals surface area contributed by atoms with E-state index in [9.17, 15) is 4.79 Å². The lowest BCUT2D eigenvalue weighted by Gasteiger charge is -2.54. The molecule has 0 aromatic rings. The lowest BCUT2D eigenvalue weighted by atomic mass is 9.51. The zero-order valence-electron chi connectivity index (χ0n) is 12.4. The first-order valence-electron chi connectivity index (χ1n) is 8.54. The summed E-state index contributed by atoms with van der Waals surface area (Å²) >= 11 is 3.75. The molecule has 1 amide bonds. The maximum Gasteiger partial charge on any atom is 0.226 e. The number of carbonyl (C=O) groups is 1. The van der Waals surface area contributed by atoms with Crippen molar-refractivity contribution in [2.45, 2.75) is 50.3 Å². The Morgan fingerprint density at radius 3 is 2.20 bits per heavy atom. The molecule has 4 aliphatic carbocycles. The normalized spacial score (nSPS) is 50.5. The summed E-state index contributed by atoms with van der Waals surface area (Å²) in [5.41, 5.74) is 0. The first-order chi connectivity index (χ1) is 9.61. The molecule has 0 radical (unpaired) electrons. The number of carbonyl (C=O) groups excluding carboxylic acids is 1. The smallest absolute Gasteiger partial charge is 0.226 e. The van der Waals surface area contributed by atoms with Gasteiger partial charge in [0.05, 0.1) is 0 Å². The van der Waals surface area contributed by atoms with E-state index in [0.29, 0.717) is 22.6 Å². The number of rotatable bonds is 1. The largest absolute Gasteiger partial charge is 0.342 e. The molecule has 1 aliphatic heterocycles. The summed E-state index contributed by atoms with van der Waals surface area (Å²) in [4.78, 5) is 15.9. The van der Waals surface area contributed by atoms with Gasteiger partial charge in [0.2, 0.25) is 5.91 Å². The van der Waals surface area contributed by atoms with Gasteiger partial charge in [-0.3, -0.25) is 4.79 Å². The Hall–Kier alpha value is -0.0500. The Morgan fingerprint density at radius 1 is 1.05 bits per heavy atom. The van der Waals surface area contributed by atoms with Crippen LogP contribution >= 0.6 is 15.9 Å². The van der Waals surface area contributed by atoms with Crippen LogP contribution in [0, 0.1) is 35.5 Å². The number of hydrogen-bond donors (Lipinski definition) is 0. The zero-order chi connectivity index (χ0) is 13.9. The quantitative estimate of drug-likeness (QED) is 0.667. The number of nitrogens with zero attached hydrogens (tertiary/aromatic N) is 1. The summed E-state index contributed by atoms with van der Waals surface area (Å²) in [6, 6.07) is 0. The van der Waals surface area contributed by atoms with Gasteiger partial charge in [0.25, 0.3) is 0 Å². The molecule has 2 atom stereocenters. The molecule has 2 unspecified atom stereocenters. The Labute approximate surface area is 130 Å². The summed E-state index contributed by atoms with van der Waals surface area (Å²) in [7, 11) is 0. The van der Waals surface area contributed by atoms with Gasteiger partial charge in [0.1, 0.15) is 0 Å². The molecule has 112 valence electrons. The second kappa shape index (κ2) is 5.00. The van der Waals surface area contributed by atoms with Crippen molar-refractivity contribution in [2.24, 2.45) is 35.5 Å². The third-order valence-corrected chi connectivity index (χ3v) is 7.98. The lowest BCUT2D eigenvalue weighted by Crippen LogP contribution is -2.54. The van der Waals surface area contributed by atoms with E-state index >= 15 is 0 Å². The third kappa shape index (κ3) is 2.15. The molecule has 0 N–H and O–H groups in total. The fourth-order valence-electron chi connectivity index (χ4n) is 5.86. The van der Waals surface area contributed by atoms with E-state index in [1.165, 1.54) is 32.1 Å². The van der Waals surface area contributed by atoms with Gasteiger partial charge in [0, 0.05) is 23.8 Å². The average molecular weight is 340 g/mol. The molecule has 5 fully saturated rings. The second-order valence-electron chi connectivity index (χ2n) is 8.02. The summed E-state index contributed by atoms with van der Waals surface area (Å²) in [6.45, 7) is 4.22. The monoisotopic (exact) mass is 339 g/mol. The van der Waals surface area contributed by atoms with Crippen LogP contribution in [0.5, 0.6) is 0 Å². The van der Waals surface area contributed by atoms with Gasteiger partial charge in [-0.2, -0.15) is 0 Å². The minimum Gasteiger partial charge on any atom is -0.342 e. The van der Waals surface area contributed by atoms with Gasteiger partial charge < -0.3 is 4.90 Å². The van der Waals surface area contributed by atoms with Gasteiger partial charge in [-0.15, -0.1) is 0 Å². The van der Waals surface area contributed by atoms with E-state index in [4.69, 9.17) is 0 Å². The molecular weight excluding hydrogens is 314 g/mol. The first kappa shape index (κ1) is 13.6. The van der Waals surface area contributed by atoms with Crippen LogP contribution in [0.4, 0.5) is 0 Å². The SMILES string of the molecule is CC1CN(C(=O)C2C3CC4CC(C3)CC2C4)CCC1Br. The average Bonchev–Trinajstić information content (AvgIpc) is 2.40. The van der Waals surface area contributed by atoms with Crippen LogP contribution in [-0.2, 0) is 4.79 Å². The molecule has 4 bridgehead atoms. The molecule has 3 heteroatoms. The Balaban J connectivity index is 1.49. The Kier molecular flexibility index (Phi) is 3.40. The fourth-order valence-corrected chi connectivity index (χ4v) is 6.23. The Morgan fingerprint density at radius 2 is 1.65 bits per heavy atom. The first-order valence-corrected chi connectivity index (χ1v) is 9.46. The van der Waals surface area contributed by atoms with Crippen molar-refractivity contribution in [3.05, 3.63) is 0 Å². The zero-order valence-corrected chi connectivity index (χ0v) is 14.0. The van der Waals surface area contributed by atoms with Crippen molar-refractivity contribution in [3.63, 3.8) is 0 Å². The van der Waals surface area contributed by atoms with E-state index < -0.39 is 0 Å². The highest BCUT2D eigenvalue weighted by molar-refractivity contribution is 9.09. The van der Waals surface area contributed by atoms with Gasteiger partial charge >= 0.3 is 0 Å². The van der Waals surface area contributed by atoms with Crippen LogP contribution < -0.4 is 0 Å². The van der Waals surface area contributed by atoms with Crippen molar-refractivity contribution >= 4 is 21.8 Å². The van der Waals surface area contributed by atoms with Crippen LogP contribution in [0.25, 0.3) is 0 Å². The summed E-state index contributed by atoms with van der Waals surface area (Å²) in [5.74, 6) is 4.91. The highest BCUT2D eigenvalue weighted by atomic mass is 79.9. The molecule has 0 aromatic carbocycles. The maximum atomic E-state index is 13.1. The number of piperidine rings is 1. The van der Waals surface area contributed by atoms with Crippen molar-refractivity contribution in [1.82, 2.24) is 4.90 Å². The molecule has 20 heavy (non-hydrogen) atoms. The van der Waals surface area contributed by atoms with Crippen molar-refractivity contribution in [3.8, 4) is 0 Å². The summed E-state index contributed by atoms with van der Waals surface area (Å²) in [5, 5.41) is 0. The topological polar surface area (TPSA) is 20.3 Å². The molecular formula is C17H26BrNO.